The number of rotatable bonds is 3. The van der Waals surface area contributed by atoms with Gasteiger partial charge in [0.15, 0.2) is 0 Å². The highest BCUT2D eigenvalue weighted by Gasteiger charge is 2.19. The fourth-order valence-corrected chi connectivity index (χ4v) is 1.44. The maximum atomic E-state index is 11.5. The molecule has 0 bridgehead atoms. The van der Waals surface area contributed by atoms with Gasteiger partial charge in [0.25, 0.3) is 0 Å². The molecule has 0 aromatic heterocycles. The first kappa shape index (κ1) is 10.5. The second-order valence-corrected chi connectivity index (χ2v) is 3.33. The average Bonchev–Trinajstić information content (AvgIpc) is 2.14. The van der Waals surface area contributed by atoms with Crippen LogP contribution in [-0.4, -0.2) is 49.7 Å². The lowest BCUT2D eigenvalue weighted by Crippen LogP contribution is -2.52. The van der Waals surface area contributed by atoms with Crippen LogP contribution >= 0.6 is 0 Å². The van der Waals surface area contributed by atoms with Gasteiger partial charge < -0.3 is 15.0 Å². The third-order valence-electron chi connectivity index (χ3n) is 2.15. The van der Waals surface area contributed by atoms with Crippen molar-refractivity contribution in [2.24, 2.45) is 0 Å². The molecule has 1 fully saturated rings. The summed E-state index contributed by atoms with van der Waals surface area (Å²) in [5.74, 6) is 0.107. The number of piperazine rings is 1. The standard InChI is InChI=1S/C9H18N2O2/c1-3-13-7-9(12)11-5-4-10-8(2)6-11/h8,10H,3-7H2,1-2H3/t8-/m0/s1. The maximum Gasteiger partial charge on any atom is 0.248 e. The zero-order chi connectivity index (χ0) is 9.68. The lowest BCUT2D eigenvalue weighted by atomic mass is 10.2. The van der Waals surface area contributed by atoms with Crippen molar-refractivity contribution in [1.82, 2.24) is 10.2 Å². The Kier molecular flexibility index (Phi) is 4.18. The molecule has 0 radical (unpaired) electrons. The molecule has 1 saturated heterocycles. The first-order chi connectivity index (χ1) is 6.24. The highest BCUT2D eigenvalue weighted by molar-refractivity contribution is 5.77. The van der Waals surface area contributed by atoms with Gasteiger partial charge in [-0.05, 0) is 13.8 Å². The van der Waals surface area contributed by atoms with Crippen LogP contribution in [0.3, 0.4) is 0 Å². The van der Waals surface area contributed by atoms with Crippen LogP contribution in [0.4, 0.5) is 0 Å². The van der Waals surface area contributed by atoms with Gasteiger partial charge >= 0.3 is 0 Å². The van der Waals surface area contributed by atoms with E-state index in [-0.39, 0.29) is 12.5 Å². The minimum absolute atomic E-state index is 0.107. The van der Waals surface area contributed by atoms with E-state index in [2.05, 4.69) is 12.2 Å². The zero-order valence-electron chi connectivity index (χ0n) is 8.38. The Morgan fingerprint density at radius 1 is 1.69 bits per heavy atom. The molecule has 4 nitrogen and oxygen atoms in total. The SMILES string of the molecule is CCOCC(=O)N1CCN[C@@H](C)C1. The maximum absolute atomic E-state index is 11.5. The fraction of sp³-hybridized carbons (Fsp3) is 0.889. The lowest BCUT2D eigenvalue weighted by Gasteiger charge is -2.31. The van der Waals surface area contributed by atoms with Crippen molar-refractivity contribution in [1.29, 1.82) is 0 Å². The van der Waals surface area contributed by atoms with Crippen molar-refractivity contribution in [3.05, 3.63) is 0 Å². The van der Waals surface area contributed by atoms with Gasteiger partial charge in [-0.1, -0.05) is 0 Å². The molecule has 1 heterocycles. The predicted octanol–water partition coefficient (Wildman–Crippen LogP) is -0.157. The van der Waals surface area contributed by atoms with E-state index in [4.69, 9.17) is 4.74 Å². The highest BCUT2D eigenvalue weighted by atomic mass is 16.5. The van der Waals surface area contributed by atoms with Gasteiger partial charge in [0.1, 0.15) is 6.61 Å². The van der Waals surface area contributed by atoms with Crippen LogP contribution in [0.1, 0.15) is 13.8 Å². The third kappa shape index (κ3) is 3.32. The molecule has 1 N–H and O–H groups in total. The van der Waals surface area contributed by atoms with Gasteiger partial charge in [0.05, 0.1) is 0 Å². The number of nitrogens with one attached hydrogen (secondary N) is 1. The number of ether oxygens (including phenoxy) is 1. The second kappa shape index (κ2) is 5.19. The molecule has 0 saturated carbocycles. The minimum atomic E-state index is 0.107. The summed E-state index contributed by atoms with van der Waals surface area (Å²) in [5, 5.41) is 3.29. The highest BCUT2D eigenvalue weighted by Crippen LogP contribution is 1.99. The zero-order valence-corrected chi connectivity index (χ0v) is 8.38. The van der Waals surface area contributed by atoms with Crippen LogP contribution in [0.15, 0.2) is 0 Å². The van der Waals surface area contributed by atoms with Gasteiger partial charge in [-0.25, -0.2) is 0 Å². The van der Waals surface area contributed by atoms with E-state index >= 15 is 0 Å². The topological polar surface area (TPSA) is 41.6 Å². The van der Waals surface area contributed by atoms with Crippen molar-refractivity contribution >= 4 is 5.91 Å². The number of hydrogen-bond donors (Lipinski definition) is 1. The van der Waals surface area contributed by atoms with Gasteiger partial charge in [-0.2, -0.15) is 0 Å². The first-order valence-corrected chi connectivity index (χ1v) is 4.83. The number of carbonyl (C=O) groups excluding carboxylic acids is 1. The molecule has 0 aromatic carbocycles. The summed E-state index contributed by atoms with van der Waals surface area (Å²) in [6.07, 6.45) is 0. The molecule has 1 aliphatic rings. The van der Waals surface area contributed by atoms with Crippen LogP contribution in [0.25, 0.3) is 0 Å². The van der Waals surface area contributed by atoms with E-state index in [1.54, 1.807) is 0 Å². The quantitative estimate of drug-likeness (QED) is 0.666. The Morgan fingerprint density at radius 2 is 2.46 bits per heavy atom. The second-order valence-electron chi connectivity index (χ2n) is 3.33. The summed E-state index contributed by atoms with van der Waals surface area (Å²) in [6, 6.07) is 0.402. The summed E-state index contributed by atoms with van der Waals surface area (Å²) in [5.41, 5.74) is 0. The summed E-state index contributed by atoms with van der Waals surface area (Å²) < 4.78 is 5.07. The lowest BCUT2D eigenvalue weighted by molar-refractivity contribution is -0.137. The Bertz CT molecular complexity index is 173. The van der Waals surface area contributed by atoms with Crippen LogP contribution in [0.5, 0.6) is 0 Å². The fourth-order valence-electron chi connectivity index (χ4n) is 1.44. The van der Waals surface area contributed by atoms with E-state index in [9.17, 15) is 4.79 Å². The molecular weight excluding hydrogens is 168 g/mol. The van der Waals surface area contributed by atoms with Gasteiger partial charge in [0, 0.05) is 32.3 Å². The van der Waals surface area contributed by atoms with E-state index < -0.39 is 0 Å². The Balaban J connectivity index is 2.28. The molecule has 1 atom stereocenters. The molecule has 13 heavy (non-hydrogen) atoms. The largest absolute Gasteiger partial charge is 0.372 e. The summed E-state index contributed by atoms with van der Waals surface area (Å²) in [7, 11) is 0. The average molecular weight is 186 g/mol. The van der Waals surface area contributed by atoms with Crippen molar-refractivity contribution in [3.63, 3.8) is 0 Å². The van der Waals surface area contributed by atoms with Crippen molar-refractivity contribution in [3.8, 4) is 0 Å². The van der Waals surface area contributed by atoms with E-state index in [0.717, 1.165) is 19.6 Å². The van der Waals surface area contributed by atoms with Crippen LogP contribution in [-0.2, 0) is 9.53 Å². The number of amides is 1. The molecule has 76 valence electrons. The number of nitrogens with zero attached hydrogens (tertiary/aromatic N) is 1. The van der Waals surface area contributed by atoms with Crippen molar-refractivity contribution < 1.29 is 9.53 Å². The van der Waals surface area contributed by atoms with Crippen molar-refractivity contribution in [2.45, 2.75) is 19.9 Å². The molecule has 0 aromatic rings. The van der Waals surface area contributed by atoms with Crippen LogP contribution in [0, 0.1) is 0 Å². The van der Waals surface area contributed by atoms with Crippen molar-refractivity contribution in [2.75, 3.05) is 32.8 Å². The summed E-state index contributed by atoms with van der Waals surface area (Å²) in [6.45, 7) is 7.30. The van der Waals surface area contributed by atoms with Gasteiger partial charge in [0.2, 0.25) is 5.91 Å². The number of hydrogen-bond acceptors (Lipinski definition) is 3. The van der Waals surface area contributed by atoms with Gasteiger partial charge in [-0.15, -0.1) is 0 Å². The first-order valence-electron chi connectivity index (χ1n) is 4.83. The molecule has 1 aliphatic heterocycles. The monoisotopic (exact) mass is 186 g/mol. The molecule has 0 unspecified atom stereocenters. The molecule has 1 rings (SSSR count). The normalized spacial score (nSPS) is 23.2. The van der Waals surface area contributed by atoms with E-state index in [1.165, 1.54) is 0 Å². The van der Waals surface area contributed by atoms with Gasteiger partial charge in [-0.3, -0.25) is 4.79 Å². The Labute approximate surface area is 79.2 Å². The molecule has 0 aliphatic carbocycles. The summed E-state index contributed by atoms with van der Waals surface area (Å²) in [4.78, 5) is 13.3. The van der Waals surface area contributed by atoms with Crippen LogP contribution < -0.4 is 5.32 Å². The third-order valence-corrected chi connectivity index (χ3v) is 2.15. The molecule has 1 amide bonds. The molecule has 4 heteroatoms. The predicted molar refractivity (Wildman–Crippen MR) is 50.5 cm³/mol. The Morgan fingerprint density at radius 3 is 3.08 bits per heavy atom. The minimum Gasteiger partial charge on any atom is -0.372 e. The number of carbonyl (C=O) groups is 1. The Hall–Kier alpha value is -0.610. The molecule has 0 spiro atoms. The summed E-state index contributed by atoms with van der Waals surface area (Å²) >= 11 is 0. The molecular formula is C9H18N2O2. The van der Waals surface area contributed by atoms with E-state index in [0.29, 0.717) is 12.6 Å². The smallest absolute Gasteiger partial charge is 0.248 e. The van der Waals surface area contributed by atoms with E-state index in [1.807, 2.05) is 11.8 Å². The van der Waals surface area contributed by atoms with Crippen LogP contribution in [0.2, 0.25) is 0 Å².